The number of piperidine rings is 1. The number of carbonyl (C=O) groups is 1. The van der Waals surface area contributed by atoms with Crippen LogP contribution in [0.1, 0.15) is 38.3 Å². The molecular weight excluding hydrogens is 281 g/mol. The van der Waals surface area contributed by atoms with Crippen LogP contribution in [0.25, 0.3) is 10.9 Å². The summed E-state index contributed by atoms with van der Waals surface area (Å²) in [5, 5.41) is 3.84. The lowest BCUT2D eigenvalue weighted by atomic mass is 9.94. The maximum atomic E-state index is 13.3. The lowest BCUT2D eigenvalue weighted by Crippen LogP contribution is -2.46. The number of benzene rings is 1. The number of carbonyl (C=O) groups excluding carboxylic acids is 1. The first-order chi connectivity index (χ1) is 10.5. The molecule has 2 aromatic rings. The van der Waals surface area contributed by atoms with Gasteiger partial charge in [0, 0.05) is 41.6 Å². The van der Waals surface area contributed by atoms with E-state index in [1.165, 1.54) is 6.07 Å². The molecule has 1 aliphatic rings. The summed E-state index contributed by atoms with van der Waals surface area (Å²) in [4.78, 5) is 17.3. The summed E-state index contributed by atoms with van der Waals surface area (Å²) in [7, 11) is 0. The highest BCUT2D eigenvalue weighted by molar-refractivity contribution is 5.80. The fourth-order valence-electron chi connectivity index (χ4n) is 3.08. The van der Waals surface area contributed by atoms with E-state index in [4.69, 9.17) is 0 Å². The van der Waals surface area contributed by atoms with Crippen molar-refractivity contribution < 1.29 is 9.18 Å². The van der Waals surface area contributed by atoms with Gasteiger partial charge in [-0.2, -0.15) is 0 Å². The molecular formula is C17H22FN3O. The SMILES string of the molecule is CC(C)NC(=O)N1CCC(c2cc3cc(F)ccc3[nH]2)CC1. The lowest BCUT2D eigenvalue weighted by molar-refractivity contribution is 0.178. The van der Waals surface area contributed by atoms with Gasteiger partial charge in [0.1, 0.15) is 5.82 Å². The monoisotopic (exact) mass is 303 g/mol. The van der Waals surface area contributed by atoms with Crippen molar-refractivity contribution in [1.82, 2.24) is 15.2 Å². The maximum absolute atomic E-state index is 13.3. The molecule has 1 aliphatic heterocycles. The second kappa shape index (κ2) is 5.99. The molecule has 0 aliphatic carbocycles. The van der Waals surface area contributed by atoms with Gasteiger partial charge in [-0.1, -0.05) is 0 Å². The van der Waals surface area contributed by atoms with Gasteiger partial charge in [0.25, 0.3) is 0 Å². The van der Waals surface area contributed by atoms with Crippen molar-refractivity contribution >= 4 is 16.9 Å². The van der Waals surface area contributed by atoms with Gasteiger partial charge in [-0.05, 0) is 51.0 Å². The van der Waals surface area contributed by atoms with Crippen LogP contribution in [0.15, 0.2) is 24.3 Å². The zero-order valence-corrected chi connectivity index (χ0v) is 13.0. The first-order valence-electron chi connectivity index (χ1n) is 7.86. The zero-order valence-electron chi connectivity index (χ0n) is 13.0. The van der Waals surface area contributed by atoms with Gasteiger partial charge >= 0.3 is 6.03 Å². The van der Waals surface area contributed by atoms with Crippen LogP contribution in [0, 0.1) is 5.82 Å². The van der Waals surface area contributed by atoms with Crippen molar-refractivity contribution in [2.24, 2.45) is 0 Å². The molecule has 1 aromatic heterocycles. The number of hydrogen-bond donors (Lipinski definition) is 2. The van der Waals surface area contributed by atoms with E-state index in [0.717, 1.165) is 42.5 Å². The van der Waals surface area contributed by atoms with Crippen LogP contribution in [0.2, 0.25) is 0 Å². The number of aromatic nitrogens is 1. The van der Waals surface area contributed by atoms with E-state index >= 15 is 0 Å². The number of rotatable bonds is 2. The Bertz CT molecular complexity index is 672. The van der Waals surface area contributed by atoms with Crippen molar-refractivity contribution in [3.8, 4) is 0 Å². The molecule has 2 N–H and O–H groups in total. The molecule has 1 saturated heterocycles. The molecule has 22 heavy (non-hydrogen) atoms. The topological polar surface area (TPSA) is 48.1 Å². The zero-order chi connectivity index (χ0) is 15.7. The minimum Gasteiger partial charge on any atom is -0.358 e. The van der Waals surface area contributed by atoms with E-state index in [-0.39, 0.29) is 17.9 Å². The molecule has 4 nitrogen and oxygen atoms in total. The molecule has 1 fully saturated rings. The van der Waals surface area contributed by atoms with Crippen molar-refractivity contribution in [3.63, 3.8) is 0 Å². The van der Waals surface area contributed by atoms with E-state index in [0.29, 0.717) is 5.92 Å². The number of urea groups is 1. The van der Waals surface area contributed by atoms with Crippen LogP contribution in [-0.4, -0.2) is 35.0 Å². The molecule has 0 unspecified atom stereocenters. The van der Waals surface area contributed by atoms with E-state index in [1.54, 1.807) is 12.1 Å². The fourth-order valence-corrected chi connectivity index (χ4v) is 3.08. The Morgan fingerprint density at radius 1 is 1.32 bits per heavy atom. The summed E-state index contributed by atoms with van der Waals surface area (Å²) in [6, 6.07) is 7.02. The van der Waals surface area contributed by atoms with Crippen LogP contribution in [0.3, 0.4) is 0 Å². The Morgan fingerprint density at radius 2 is 2.05 bits per heavy atom. The summed E-state index contributed by atoms with van der Waals surface area (Å²) in [5.41, 5.74) is 2.11. The van der Waals surface area contributed by atoms with Crippen LogP contribution < -0.4 is 5.32 Å². The molecule has 0 bridgehead atoms. The van der Waals surface area contributed by atoms with Crippen LogP contribution in [0.5, 0.6) is 0 Å². The number of nitrogens with zero attached hydrogens (tertiary/aromatic N) is 1. The number of amides is 2. The summed E-state index contributed by atoms with van der Waals surface area (Å²) in [6.45, 7) is 5.45. The summed E-state index contributed by atoms with van der Waals surface area (Å²) >= 11 is 0. The molecule has 1 aromatic carbocycles. The smallest absolute Gasteiger partial charge is 0.317 e. The van der Waals surface area contributed by atoms with E-state index in [1.807, 2.05) is 24.8 Å². The number of aromatic amines is 1. The fraction of sp³-hybridized carbons (Fsp3) is 0.471. The predicted octanol–water partition coefficient (Wildman–Crippen LogP) is 3.60. The second-order valence-corrected chi connectivity index (χ2v) is 6.32. The van der Waals surface area contributed by atoms with Gasteiger partial charge < -0.3 is 15.2 Å². The van der Waals surface area contributed by atoms with Gasteiger partial charge in [0.15, 0.2) is 0 Å². The van der Waals surface area contributed by atoms with Crippen molar-refractivity contribution in [2.45, 2.75) is 38.6 Å². The Kier molecular flexibility index (Phi) is 4.05. The second-order valence-electron chi connectivity index (χ2n) is 6.32. The first kappa shape index (κ1) is 14.9. The quantitative estimate of drug-likeness (QED) is 0.875. The summed E-state index contributed by atoms with van der Waals surface area (Å²) in [6.07, 6.45) is 1.86. The molecule has 5 heteroatoms. The third-order valence-electron chi connectivity index (χ3n) is 4.24. The Morgan fingerprint density at radius 3 is 2.73 bits per heavy atom. The Labute approximate surface area is 129 Å². The molecule has 2 heterocycles. The van der Waals surface area contributed by atoms with Gasteiger partial charge in [0.2, 0.25) is 0 Å². The molecule has 3 rings (SSSR count). The normalized spacial score (nSPS) is 16.5. The van der Waals surface area contributed by atoms with Crippen molar-refractivity contribution in [2.75, 3.05) is 13.1 Å². The van der Waals surface area contributed by atoms with E-state index in [9.17, 15) is 9.18 Å². The number of H-pyrrole nitrogens is 1. The molecule has 2 amide bonds. The molecule has 0 atom stereocenters. The molecule has 0 radical (unpaired) electrons. The Hall–Kier alpha value is -2.04. The minimum atomic E-state index is -0.210. The third-order valence-corrected chi connectivity index (χ3v) is 4.24. The van der Waals surface area contributed by atoms with E-state index < -0.39 is 0 Å². The van der Waals surface area contributed by atoms with Crippen LogP contribution in [-0.2, 0) is 0 Å². The average molecular weight is 303 g/mol. The number of nitrogens with one attached hydrogen (secondary N) is 2. The largest absolute Gasteiger partial charge is 0.358 e. The summed E-state index contributed by atoms with van der Waals surface area (Å²) < 4.78 is 13.3. The lowest BCUT2D eigenvalue weighted by Gasteiger charge is -2.32. The highest BCUT2D eigenvalue weighted by atomic mass is 19.1. The van der Waals surface area contributed by atoms with Crippen LogP contribution >= 0.6 is 0 Å². The standard InChI is InChI=1S/C17H22FN3O/c1-11(2)19-17(22)21-7-5-12(6-8-21)16-10-13-9-14(18)3-4-15(13)20-16/h3-4,9-12,20H,5-8H2,1-2H3,(H,19,22). The highest BCUT2D eigenvalue weighted by Crippen LogP contribution is 2.30. The molecule has 0 saturated carbocycles. The molecule has 118 valence electrons. The highest BCUT2D eigenvalue weighted by Gasteiger charge is 2.25. The first-order valence-corrected chi connectivity index (χ1v) is 7.86. The number of hydrogen-bond acceptors (Lipinski definition) is 1. The van der Waals surface area contributed by atoms with Gasteiger partial charge in [-0.25, -0.2) is 9.18 Å². The van der Waals surface area contributed by atoms with Crippen molar-refractivity contribution in [3.05, 3.63) is 35.8 Å². The van der Waals surface area contributed by atoms with Crippen molar-refractivity contribution in [1.29, 1.82) is 0 Å². The maximum Gasteiger partial charge on any atom is 0.317 e. The van der Waals surface area contributed by atoms with Gasteiger partial charge in [0.05, 0.1) is 0 Å². The minimum absolute atomic E-state index is 0.0205. The van der Waals surface area contributed by atoms with E-state index in [2.05, 4.69) is 10.3 Å². The van der Waals surface area contributed by atoms with Gasteiger partial charge in [-0.3, -0.25) is 0 Å². The third kappa shape index (κ3) is 3.08. The summed E-state index contributed by atoms with van der Waals surface area (Å²) in [5.74, 6) is 0.191. The van der Waals surface area contributed by atoms with Crippen LogP contribution in [0.4, 0.5) is 9.18 Å². The number of halogens is 1. The predicted molar refractivity (Wildman–Crippen MR) is 85.5 cm³/mol. The number of fused-ring (bicyclic) bond motifs is 1. The molecule has 0 spiro atoms. The Balaban J connectivity index is 1.66. The van der Waals surface area contributed by atoms with Gasteiger partial charge in [-0.15, -0.1) is 0 Å². The average Bonchev–Trinajstić information content (AvgIpc) is 2.89. The number of likely N-dealkylation sites (tertiary alicyclic amines) is 1.